The highest BCUT2D eigenvalue weighted by molar-refractivity contribution is 5.79. The number of ketones is 1. The van der Waals surface area contributed by atoms with Crippen LogP contribution in [0.3, 0.4) is 0 Å². The van der Waals surface area contributed by atoms with Gasteiger partial charge in [-0.15, -0.1) is 0 Å². The van der Waals surface area contributed by atoms with Crippen molar-refractivity contribution in [2.45, 2.75) is 20.3 Å². The van der Waals surface area contributed by atoms with Gasteiger partial charge in [0.15, 0.2) is 0 Å². The molecule has 4 nitrogen and oxygen atoms in total. The second-order valence-electron chi connectivity index (χ2n) is 2.46. The Kier molecular flexibility index (Phi) is 4.26. The third-order valence-electron chi connectivity index (χ3n) is 1.59. The van der Waals surface area contributed by atoms with E-state index in [2.05, 4.69) is 5.32 Å². The molecule has 64 valence electrons. The van der Waals surface area contributed by atoms with Crippen LogP contribution >= 0.6 is 0 Å². The Morgan fingerprint density at radius 3 is 2.36 bits per heavy atom. The van der Waals surface area contributed by atoms with Gasteiger partial charge in [-0.05, 0) is 13.3 Å². The third kappa shape index (κ3) is 4.36. The predicted octanol–water partition coefficient (Wildman–Crippen LogP) is 0.270. The van der Waals surface area contributed by atoms with E-state index in [9.17, 15) is 9.59 Å². The van der Waals surface area contributed by atoms with E-state index in [-0.39, 0.29) is 11.7 Å². The summed E-state index contributed by atoms with van der Waals surface area (Å²) in [5, 5.41) is 2.40. The highest BCUT2D eigenvalue weighted by Crippen LogP contribution is 2.01. The number of carbonyl (C=O) groups is 2. The number of Topliss-reactive ketones (excluding diaryl/α,β-unsaturated/α-hetero) is 1. The molecule has 0 aliphatic rings. The van der Waals surface area contributed by atoms with Gasteiger partial charge in [-0.1, -0.05) is 6.92 Å². The Balaban J connectivity index is 3.70. The van der Waals surface area contributed by atoms with Gasteiger partial charge in [0.1, 0.15) is 5.78 Å². The molecule has 0 unspecified atom stereocenters. The van der Waals surface area contributed by atoms with Crippen molar-refractivity contribution in [2.24, 2.45) is 11.7 Å². The van der Waals surface area contributed by atoms with Gasteiger partial charge in [0.2, 0.25) is 0 Å². The summed E-state index contributed by atoms with van der Waals surface area (Å²) in [6, 6.07) is -0.579. The quantitative estimate of drug-likeness (QED) is 0.616. The van der Waals surface area contributed by atoms with E-state index >= 15 is 0 Å². The van der Waals surface area contributed by atoms with Gasteiger partial charge < -0.3 is 11.1 Å². The minimum absolute atomic E-state index is 0.0845. The van der Waals surface area contributed by atoms with Gasteiger partial charge in [-0.25, -0.2) is 4.79 Å². The number of hydrogen-bond donors (Lipinski definition) is 2. The molecule has 0 aromatic heterocycles. The van der Waals surface area contributed by atoms with Crippen molar-refractivity contribution in [3.63, 3.8) is 0 Å². The molecule has 0 radical (unpaired) electrons. The van der Waals surface area contributed by atoms with Gasteiger partial charge in [0, 0.05) is 12.5 Å². The molecule has 1 atom stereocenters. The van der Waals surface area contributed by atoms with E-state index < -0.39 is 6.03 Å². The summed E-state index contributed by atoms with van der Waals surface area (Å²) in [7, 11) is 0. The lowest BCUT2D eigenvalue weighted by molar-refractivity contribution is -0.120. The lowest BCUT2D eigenvalue weighted by atomic mass is 10.0. The maximum atomic E-state index is 10.8. The first-order valence-electron chi connectivity index (χ1n) is 3.61. The molecule has 4 heteroatoms. The number of amides is 2. The summed E-state index contributed by atoms with van der Waals surface area (Å²) >= 11 is 0. The van der Waals surface area contributed by atoms with Crippen LogP contribution in [0.1, 0.15) is 20.3 Å². The van der Waals surface area contributed by atoms with E-state index in [1.807, 2.05) is 6.92 Å². The normalized spacial score (nSPS) is 12.2. The molecule has 0 spiro atoms. The second-order valence-corrected chi connectivity index (χ2v) is 2.46. The highest BCUT2D eigenvalue weighted by Gasteiger charge is 2.11. The smallest absolute Gasteiger partial charge is 0.312 e. The Labute approximate surface area is 66.1 Å². The first-order valence-corrected chi connectivity index (χ1v) is 3.61. The average Bonchev–Trinajstić information content (AvgIpc) is 1.87. The molecule has 0 aromatic rings. The van der Waals surface area contributed by atoms with Crippen LogP contribution in [0.15, 0.2) is 0 Å². The number of primary amides is 1. The Bertz CT molecular complexity index is 157. The third-order valence-corrected chi connectivity index (χ3v) is 1.59. The van der Waals surface area contributed by atoms with Crippen LogP contribution in [0.4, 0.5) is 4.79 Å². The SMILES string of the molecule is CC[C@@H](CNC(N)=O)C(C)=O. The summed E-state index contributed by atoms with van der Waals surface area (Å²) in [5.74, 6) is -0.0104. The number of carbonyl (C=O) groups excluding carboxylic acids is 2. The van der Waals surface area contributed by atoms with Gasteiger partial charge in [0.25, 0.3) is 0 Å². The van der Waals surface area contributed by atoms with E-state index in [0.717, 1.165) is 6.42 Å². The zero-order chi connectivity index (χ0) is 8.85. The molecule has 0 saturated carbocycles. The highest BCUT2D eigenvalue weighted by atomic mass is 16.2. The Hall–Kier alpha value is -1.06. The van der Waals surface area contributed by atoms with Gasteiger partial charge in [-0.2, -0.15) is 0 Å². The molecule has 3 N–H and O–H groups in total. The topological polar surface area (TPSA) is 72.2 Å². The van der Waals surface area contributed by atoms with Gasteiger partial charge >= 0.3 is 6.03 Å². The monoisotopic (exact) mass is 158 g/mol. The van der Waals surface area contributed by atoms with Crippen molar-refractivity contribution in [3.05, 3.63) is 0 Å². The fourth-order valence-corrected chi connectivity index (χ4v) is 0.799. The van der Waals surface area contributed by atoms with E-state index in [1.165, 1.54) is 6.92 Å². The van der Waals surface area contributed by atoms with Crippen molar-refractivity contribution < 1.29 is 9.59 Å². The van der Waals surface area contributed by atoms with E-state index in [4.69, 9.17) is 5.73 Å². The molecule has 0 fully saturated rings. The number of urea groups is 1. The van der Waals surface area contributed by atoms with Crippen molar-refractivity contribution in [1.82, 2.24) is 5.32 Å². The molecular weight excluding hydrogens is 144 g/mol. The van der Waals surface area contributed by atoms with Crippen molar-refractivity contribution >= 4 is 11.8 Å². The van der Waals surface area contributed by atoms with Crippen molar-refractivity contribution in [3.8, 4) is 0 Å². The molecule has 0 bridgehead atoms. The molecule has 0 aromatic carbocycles. The first-order chi connectivity index (χ1) is 5.07. The standard InChI is InChI=1S/C7H14N2O2/c1-3-6(5(2)10)4-9-7(8)11/h6H,3-4H2,1-2H3,(H3,8,9,11)/t6-/m0/s1. The lowest BCUT2D eigenvalue weighted by Crippen LogP contribution is -2.35. The van der Waals surface area contributed by atoms with Crippen LogP contribution in [0.5, 0.6) is 0 Å². The minimum Gasteiger partial charge on any atom is -0.352 e. The Morgan fingerprint density at radius 2 is 2.09 bits per heavy atom. The summed E-state index contributed by atoms with van der Waals surface area (Å²) in [5.41, 5.74) is 4.83. The minimum atomic E-state index is -0.579. The number of hydrogen-bond acceptors (Lipinski definition) is 2. The largest absolute Gasteiger partial charge is 0.352 e. The average molecular weight is 158 g/mol. The zero-order valence-electron chi connectivity index (χ0n) is 6.89. The summed E-state index contributed by atoms with van der Waals surface area (Å²) in [6.45, 7) is 3.76. The molecular formula is C7H14N2O2. The lowest BCUT2D eigenvalue weighted by Gasteiger charge is -2.10. The predicted molar refractivity (Wildman–Crippen MR) is 42.0 cm³/mol. The molecule has 0 rings (SSSR count). The molecule has 0 saturated heterocycles. The fourth-order valence-electron chi connectivity index (χ4n) is 0.799. The van der Waals surface area contributed by atoms with Crippen LogP contribution in [-0.4, -0.2) is 18.4 Å². The molecule has 2 amide bonds. The van der Waals surface area contributed by atoms with Crippen LogP contribution in [0, 0.1) is 5.92 Å². The van der Waals surface area contributed by atoms with Crippen molar-refractivity contribution in [1.29, 1.82) is 0 Å². The van der Waals surface area contributed by atoms with Crippen LogP contribution < -0.4 is 11.1 Å². The number of rotatable bonds is 4. The number of nitrogens with two attached hydrogens (primary N) is 1. The van der Waals surface area contributed by atoms with Crippen molar-refractivity contribution in [2.75, 3.05) is 6.54 Å². The second kappa shape index (κ2) is 4.71. The Morgan fingerprint density at radius 1 is 1.55 bits per heavy atom. The molecule has 0 heterocycles. The van der Waals surface area contributed by atoms with Gasteiger partial charge in [-0.3, -0.25) is 4.79 Å². The van der Waals surface area contributed by atoms with E-state index in [0.29, 0.717) is 6.54 Å². The maximum absolute atomic E-state index is 10.8. The molecule has 0 aliphatic carbocycles. The molecule has 0 aliphatic heterocycles. The molecule has 11 heavy (non-hydrogen) atoms. The first kappa shape index (κ1) is 9.94. The van der Waals surface area contributed by atoms with Crippen LogP contribution in [-0.2, 0) is 4.79 Å². The maximum Gasteiger partial charge on any atom is 0.312 e. The van der Waals surface area contributed by atoms with E-state index in [1.54, 1.807) is 0 Å². The zero-order valence-corrected chi connectivity index (χ0v) is 6.89. The summed E-state index contributed by atoms with van der Waals surface area (Å²) in [4.78, 5) is 21.0. The summed E-state index contributed by atoms with van der Waals surface area (Å²) < 4.78 is 0. The van der Waals surface area contributed by atoms with Crippen LogP contribution in [0.2, 0.25) is 0 Å². The number of nitrogens with one attached hydrogen (secondary N) is 1. The van der Waals surface area contributed by atoms with Gasteiger partial charge in [0.05, 0.1) is 0 Å². The fraction of sp³-hybridized carbons (Fsp3) is 0.714. The van der Waals surface area contributed by atoms with Crippen LogP contribution in [0.25, 0.3) is 0 Å². The summed E-state index contributed by atoms with van der Waals surface area (Å²) in [6.07, 6.45) is 0.732.